The molecule has 1 aliphatic rings. The summed E-state index contributed by atoms with van der Waals surface area (Å²) in [6.45, 7) is 5.13. The molecule has 0 radical (unpaired) electrons. The number of likely N-dealkylation sites (N-methyl/N-ethyl adjacent to an activating group) is 1. The Labute approximate surface area is 115 Å². The van der Waals surface area contributed by atoms with Gasteiger partial charge in [0.2, 0.25) is 10.0 Å². The molecule has 19 heavy (non-hydrogen) atoms. The van der Waals surface area contributed by atoms with Crippen LogP contribution in [0.15, 0.2) is 29.2 Å². The van der Waals surface area contributed by atoms with Crippen LogP contribution in [-0.2, 0) is 10.0 Å². The minimum Gasteiger partial charge on any atom is -0.399 e. The molecule has 5 nitrogen and oxygen atoms in total. The van der Waals surface area contributed by atoms with Crippen LogP contribution in [0.2, 0.25) is 0 Å². The van der Waals surface area contributed by atoms with Crippen LogP contribution in [0.4, 0.5) is 5.69 Å². The Balaban J connectivity index is 2.27. The quantitative estimate of drug-likeness (QED) is 0.822. The van der Waals surface area contributed by atoms with Crippen molar-refractivity contribution in [1.29, 1.82) is 0 Å². The van der Waals surface area contributed by atoms with Crippen LogP contribution in [0.3, 0.4) is 0 Å². The lowest BCUT2D eigenvalue weighted by atomic mass is 10.1. The average molecular weight is 283 g/mol. The highest BCUT2D eigenvalue weighted by Crippen LogP contribution is 2.22. The molecule has 0 aliphatic carbocycles. The summed E-state index contributed by atoms with van der Waals surface area (Å²) in [5, 5.41) is 0. The Hall–Kier alpha value is -1.11. The first kappa shape index (κ1) is 14.3. The second-order valence-electron chi connectivity index (χ2n) is 5.25. The molecule has 0 spiro atoms. The van der Waals surface area contributed by atoms with Crippen molar-refractivity contribution < 1.29 is 8.42 Å². The summed E-state index contributed by atoms with van der Waals surface area (Å²) in [6.07, 6.45) is 0. The van der Waals surface area contributed by atoms with E-state index >= 15 is 0 Å². The van der Waals surface area contributed by atoms with Gasteiger partial charge in [0.15, 0.2) is 0 Å². The molecule has 2 unspecified atom stereocenters. The van der Waals surface area contributed by atoms with E-state index in [0.29, 0.717) is 23.7 Å². The van der Waals surface area contributed by atoms with Crippen LogP contribution in [-0.4, -0.2) is 49.8 Å². The lowest BCUT2D eigenvalue weighted by molar-refractivity contribution is 0.105. The Bertz CT molecular complexity index is 530. The molecule has 1 aliphatic heterocycles. The van der Waals surface area contributed by atoms with Gasteiger partial charge < -0.3 is 5.73 Å². The zero-order valence-electron chi connectivity index (χ0n) is 11.6. The van der Waals surface area contributed by atoms with Gasteiger partial charge in [0.05, 0.1) is 4.90 Å². The molecule has 6 heteroatoms. The van der Waals surface area contributed by atoms with E-state index < -0.39 is 10.0 Å². The van der Waals surface area contributed by atoms with E-state index in [1.807, 2.05) is 20.9 Å². The van der Waals surface area contributed by atoms with E-state index in [-0.39, 0.29) is 12.1 Å². The number of benzene rings is 1. The molecule has 0 bridgehead atoms. The van der Waals surface area contributed by atoms with Crippen LogP contribution >= 0.6 is 0 Å². The fourth-order valence-electron chi connectivity index (χ4n) is 2.34. The van der Waals surface area contributed by atoms with Gasteiger partial charge in [0, 0.05) is 30.9 Å². The standard InChI is InChI=1S/C13H21N3O2S/c1-10-8-16(9-11(2)15(10)3)19(17,18)13-6-4-12(14)5-7-13/h4-7,10-11H,8-9,14H2,1-3H3. The van der Waals surface area contributed by atoms with Gasteiger partial charge in [-0.2, -0.15) is 4.31 Å². The maximum Gasteiger partial charge on any atom is 0.243 e. The van der Waals surface area contributed by atoms with E-state index in [9.17, 15) is 8.42 Å². The minimum atomic E-state index is -3.42. The fraction of sp³-hybridized carbons (Fsp3) is 0.538. The maximum atomic E-state index is 12.6. The van der Waals surface area contributed by atoms with Crippen molar-refractivity contribution in [3.63, 3.8) is 0 Å². The third-order valence-electron chi connectivity index (χ3n) is 3.84. The zero-order valence-corrected chi connectivity index (χ0v) is 12.4. The first-order valence-corrected chi connectivity index (χ1v) is 7.84. The topological polar surface area (TPSA) is 66.6 Å². The first-order chi connectivity index (χ1) is 8.82. The molecule has 1 aromatic carbocycles. The number of sulfonamides is 1. The van der Waals surface area contributed by atoms with E-state index in [0.717, 1.165) is 0 Å². The number of piperazine rings is 1. The van der Waals surface area contributed by atoms with Gasteiger partial charge >= 0.3 is 0 Å². The van der Waals surface area contributed by atoms with Gasteiger partial charge in [-0.15, -0.1) is 0 Å². The van der Waals surface area contributed by atoms with Crippen LogP contribution < -0.4 is 5.73 Å². The molecule has 106 valence electrons. The third kappa shape index (κ3) is 2.75. The summed E-state index contributed by atoms with van der Waals surface area (Å²) >= 11 is 0. The number of hydrogen-bond donors (Lipinski definition) is 1. The third-order valence-corrected chi connectivity index (χ3v) is 5.69. The highest BCUT2D eigenvalue weighted by molar-refractivity contribution is 7.89. The second-order valence-corrected chi connectivity index (χ2v) is 7.19. The number of nitrogens with two attached hydrogens (primary N) is 1. The Morgan fingerprint density at radius 2 is 1.58 bits per heavy atom. The second kappa shape index (κ2) is 5.11. The van der Waals surface area contributed by atoms with Crippen LogP contribution in [0.5, 0.6) is 0 Å². The highest BCUT2D eigenvalue weighted by Gasteiger charge is 2.34. The number of nitrogens with zero attached hydrogens (tertiary/aromatic N) is 2. The number of anilines is 1. The fourth-order valence-corrected chi connectivity index (χ4v) is 3.94. The predicted molar refractivity (Wildman–Crippen MR) is 76.3 cm³/mol. The largest absolute Gasteiger partial charge is 0.399 e. The summed E-state index contributed by atoms with van der Waals surface area (Å²) in [5.74, 6) is 0. The minimum absolute atomic E-state index is 0.215. The Morgan fingerprint density at radius 3 is 2.05 bits per heavy atom. The van der Waals surface area contributed by atoms with Crippen molar-refractivity contribution in [3.05, 3.63) is 24.3 Å². The highest BCUT2D eigenvalue weighted by atomic mass is 32.2. The molecule has 1 heterocycles. The summed E-state index contributed by atoms with van der Waals surface area (Å²) in [7, 11) is -1.39. The molecule has 1 aromatic rings. The van der Waals surface area contributed by atoms with Gasteiger partial charge in [-0.3, -0.25) is 4.90 Å². The van der Waals surface area contributed by atoms with E-state index in [1.54, 1.807) is 28.6 Å². The van der Waals surface area contributed by atoms with Gasteiger partial charge in [-0.25, -0.2) is 8.42 Å². The Morgan fingerprint density at radius 1 is 1.11 bits per heavy atom. The molecule has 2 N–H and O–H groups in total. The van der Waals surface area contributed by atoms with Crippen LogP contribution in [0.25, 0.3) is 0 Å². The summed E-state index contributed by atoms with van der Waals surface area (Å²) in [4.78, 5) is 2.51. The number of rotatable bonds is 2. The SMILES string of the molecule is CC1CN(S(=O)(=O)c2ccc(N)cc2)CC(C)N1C. The van der Waals surface area contributed by atoms with Gasteiger partial charge in [-0.1, -0.05) is 0 Å². The maximum absolute atomic E-state index is 12.6. The molecule has 2 rings (SSSR count). The van der Waals surface area contributed by atoms with Gasteiger partial charge in [0.25, 0.3) is 0 Å². The number of nitrogen functional groups attached to an aromatic ring is 1. The summed E-state index contributed by atoms with van der Waals surface area (Å²) in [5.41, 5.74) is 6.16. The van der Waals surface area contributed by atoms with Crippen molar-refractivity contribution in [1.82, 2.24) is 9.21 Å². The number of hydrogen-bond acceptors (Lipinski definition) is 4. The molecular formula is C13H21N3O2S. The smallest absolute Gasteiger partial charge is 0.243 e. The first-order valence-electron chi connectivity index (χ1n) is 6.40. The van der Waals surface area contributed by atoms with Gasteiger partial charge in [0.1, 0.15) is 0 Å². The van der Waals surface area contributed by atoms with Crippen LogP contribution in [0.1, 0.15) is 13.8 Å². The van der Waals surface area contributed by atoms with Crippen molar-refractivity contribution in [2.45, 2.75) is 30.8 Å². The summed E-state index contributed by atoms with van der Waals surface area (Å²) < 4.78 is 26.7. The van der Waals surface area contributed by atoms with Gasteiger partial charge in [-0.05, 0) is 45.2 Å². The van der Waals surface area contributed by atoms with E-state index in [1.165, 1.54) is 0 Å². The van der Waals surface area contributed by atoms with Crippen molar-refractivity contribution in [2.75, 3.05) is 25.9 Å². The molecular weight excluding hydrogens is 262 g/mol. The van der Waals surface area contributed by atoms with E-state index in [4.69, 9.17) is 5.73 Å². The predicted octanol–water partition coefficient (Wildman–Crippen LogP) is 0.982. The summed E-state index contributed by atoms with van der Waals surface area (Å²) in [6, 6.07) is 6.81. The van der Waals surface area contributed by atoms with E-state index in [2.05, 4.69) is 4.90 Å². The monoisotopic (exact) mass is 283 g/mol. The van der Waals surface area contributed by atoms with Crippen molar-refractivity contribution in [2.24, 2.45) is 0 Å². The average Bonchev–Trinajstić information content (AvgIpc) is 2.35. The normalized spacial score (nSPS) is 26.5. The molecule has 0 saturated carbocycles. The Kier molecular flexibility index (Phi) is 3.85. The molecule has 1 fully saturated rings. The lowest BCUT2D eigenvalue weighted by Gasteiger charge is -2.41. The van der Waals surface area contributed by atoms with Crippen molar-refractivity contribution in [3.8, 4) is 0 Å². The van der Waals surface area contributed by atoms with Crippen LogP contribution in [0, 0.1) is 0 Å². The molecule has 2 atom stereocenters. The van der Waals surface area contributed by atoms with Crippen molar-refractivity contribution >= 4 is 15.7 Å². The lowest BCUT2D eigenvalue weighted by Crippen LogP contribution is -2.56. The molecule has 1 saturated heterocycles. The zero-order chi connectivity index (χ0) is 14.2. The molecule has 0 aromatic heterocycles. The molecule has 0 amide bonds.